The van der Waals surface area contributed by atoms with E-state index in [1.165, 1.54) is 39.2 Å². The summed E-state index contributed by atoms with van der Waals surface area (Å²) in [6.07, 6.45) is 6.66. The first-order chi connectivity index (χ1) is 10.1. The summed E-state index contributed by atoms with van der Waals surface area (Å²) >= 11 is 0. The molecule has 1 fully saturated rings. The summed E-state index contributed by atoms with van der Waals surface area (Å²) in [5.74, 6) is 2.10. The van der Waals surface area contributed by atoms with Gasteiger partial charge in [-0.3, -0.25) is 9.79 Å². The van der Waals surface area contributed by atoms with Gasteiger partial charge in [-0.1, -0.05) is 33.1 Å². The first-order valence-electron chi connectivity index (χ1n) is 8.09. The number of guanidine groups is 1. The lowest BCUT2D eigenvalue weighted by atomic mass is 9.81. The zero-order chi connectivity index (χ0) is 15.7. The Labute approximate surface area is 152 Å². The third kappa shape index (κ3) is 8.19. The zero-order valence-corrected chi connectivity index (χ0v) is 16.7. The number of carbonyl (C=O) groups excluding carboxylic acids is 1. The lowest BCUT2D eigenvalue weighted by molar-refractivity contribution is -0.144. The number of carbonyl (C=O) groups is 1. The van der Waals surface area contributed by atoms with Crippen LogP contribution in [0.2, 0.25) is 0 Å². The van der Waals surface area contributed by atoms with Gasteiger partial charge in [0, 0.05) is 20.1 Å². The highest BCUT2D eigenvalue weighted by atomic mass is 127. The number of ether oxygens (including phenoxy) is 1. The Morgan fingerprint density at radius 2 is 2.09 bits per heavy atom. The third-order valence-corrected chi connectivity index (χ3v) is 4.29. The van der Waals surface area contributed by atoms with E-state index in [1.807, 2.05) is 6.92 Å². The van der Waals surface area contributed by atoms with Gasteiger partial charge in [-0.05, 0) is 24.7 Å². The smallest absolute Gasteiger partial charge is 0.310 e. The monoisotopic (exact) mass is 425 g/mol. The van der Waals surface area contributed by atoms with Crippen molar-refractivity contribution < 1.29 is 9.53 Å². The van der Waals surface area contributed by atoms with E-state index < -0.39 is 0 Å². The minimum absolute atomic E-state index is 0. The van der Waals surface area contributed by atoms with Gasteiger partial charge in [0.2, 0.25) is 0 Å². The van der Waals surface area contributed by atoms with Gasteiger partial charge in [0.25, 0.3) is 0 Å². The number of aliphatic imine (C=N–C) groups is 1. The van der Waals surface area contributed by atoms with Crippen LogP contribution in [0.25, 0.3) is 0 Å². The molecule has 0 aromatic rings. The predicted molar refractivity (Wildman–Crippen MR) is 102 cm³/mol. The molecule has 22 heavy (non-hydrogen) atoms. The Bertz CT molecular complexity index is 350. The van der Waals surface area contributed by atoms with E-state index in [-0.39, 0.29) is 35.9 Å². The normalized spacial score (nSPS) is 23.2. The van der Waals surface area contributed by atoms with E-state index in [2.05, 4.69) is 22.5 Å². The molecule has 0 aromatic carbocycles. The van der Waals surface area contributed by atoms with E-state index in [0.29, 0.717) is 6.54 Å². The van der Waals surface area contributed by atoms with Gasteiger partial charge < -0.3 is 15.4 Å². The van der Waals surface area contributed by atoms with Crippen LogP contribution in [0.4, 0.5) is 0 Å². The average Bonchev–Trinajstić information content (AvgIpc) is 2.49. The number of esters is 1. The molecular weight excluding hydrogens is 393 g/mol. The quantitative estimate of drug-likeness (QED) is 0.297. The summed E-state index contributed by atoms with van der Waals surface area (Å²) in [7, 11) is 3.16. The molecular formula is C16H32IN3O2. The number of methoxy groups -OCH3 is 1. The minimum Gasteiger partial charge on any atom is -0.469 e. The highest BCUT2D eigenvalue weighted by Crippen LogP contribution is 2.30. The molecule has 1 rings (SSSR count). The van der Waals surface area contributed by atoms with Crippen molar-refractivity contribution in [3.63, 3.8) is 0 Å². The van der Waals surface area contributed by atoms with Crippen LogP contribution in [0.1, 0.15) is 46.0 Å². The van der Waals surface area contributed by atoms with Gasteiger partial charge in [0.15, 0.2) is 5.96 Å². The second kappa shape index (κ2) is 12.0. The SMILES string of the molecule is CN=C(NCCC1CCCC(C)C1)NCC(C)C(=O)OC.I. The van der Waals surface area contributed by atoms with E-state index in [0.717, 1.165) is 24.3 Å². The van der Waals surface area contributed by atoms with Gasteiger partial charge in [-0.15, -0.1) is 24.0 Å². The summed E-state index contributed by atoms with van der Waals surface area (Å²) in [6, 6.07) is 0. The Hall–Kier alpha value is -0.530. The van der Waals surface area contributed by atoms with Crippen molar-refractivity contribution in [2.75, 3.05) is 27.2 Å². The second-order valence-electron chi connectivity index (χ2n) is 6.23. The van der Waals surface area contributed by atoms with Crippen molar-refractivity contribution in [2.24, 2.45) is 22.7 Å². The van der Waals surface area contributed by atoms with E-state index in [9.17, 15) is 4.79 Å². The van der Waals surface area contributed by atoms with Crippen LogP contribution in [0, 0.1) is 17.8 Å². The zero-order valence-electron chi connectivity index (χ0n) is 14.4. The van der Waals surface area contributed by atoms with Gasteiger partial charge in [0.1, 0.15) is 0 Å². The second-order valence-corrected chi connectivity index (χ2v) is 6.23. The average molecular weight is 425 g/mol. The molecule has 0 bridgehead atoms. The van der Waals surface area contributed by atoms with Gasteiger partial charge in [-0.2, -0.15) is 0 Å². The van der Waals surface area contributed by atoms with Crippen molar-refractivity contribution in [3.8, 4) is 0 Å². The maximum atomic E-state index is 11.3. The fraction of sp³-hybridized carbons (Fsp3) is 0.875. The topological polar surface area (TPSA) is 62.7 Å². The van der Waals surface area contributed by atoms with Crippen LogP contribution in [-0.2, 0) is 9.53 Å². The van der Waals surface area contributed by atoms with Crippen LogP contribution in [0.15, 0.2) is 4.99 Å². The molecule has 0 saturated heterocycles. The first-order valence-corrected chi connectivity index (χ1v) is 8.09. The van der Waals surface area contributed by atoms with E-state index in [1.54, 1.807) is 7.05 Å². The number of nitrogens with one attached hydrogen (secondary N) is 2. The molecule has 1 aliphatic rings. The summed E-state index contributed by atoms with van der Waals surface area (Å²) in [5.41, 5.74) is 0. The largest absolute Gasteiger partial charge is 0.469 e. The number of hydrogen-bond acceptors (Lipinski definition) is 3. The maximum Gasteiger partial charge on any atom is 0.310 e. The van der Waals surface area contributed by atoms with Crippen molar-refractivity contribution in [3.05, 3.63) is 0 Å². The number of halogens is 1. The molecule has 130 valence electrons. The first kappa shape index (κ1) is 21.5. The molecule has 1 aliphatic carbocycles. The molecule has 0 aromatic heterocycles. The fourth-order valence-electron chi connectivity index (χ4n) is 2.97. The Morgan fingerprint density at radius 3 is 2.68 bits per heavy atom. The number of nitrogens with zero attached hydrogens (tertiary/aromatic N) is 1. The fourth-order valence-corrected chi connectivity index (χ4v) is 2.97. The molecule has 0 heterocycles. The van der Waals surface area contributed by atoms with Crippen LogP contribution < -0.4 is 10.6 Å². The molecule has 0 spiro atoms. The summed E-state index contributed by atoms with van der Waals surface area (Å²) in [4.78, 5) is 15.5. The lowest BCUT2D eigenvalue weighted by Crippen LogP contribution is -2.41. The van der Waals surface area contributed by atoms with Gasteiger partial charge >= 0.3 is 5.97 Å². The highest BCUT2D eigenvalue weighted by molar-refractivity contribution is 14.0. The minimum atomic E-state index is -0.200. The number of rotatable bonds is 6. The Balaban J connectivity index is 0.00000441. The third-order valence-electron chi connectivity index (χ3n) is 4.29. The van der Waals surface area contributed by atoms with E-state index >= 15 is 0 Å². The van der Waals surface area contributed by atoms with Crippen LogP contribution >= 0.6 is 24.0 Å². The van der Waals surface area contributed by atoms with Gasteiger partial charge in [-0.25, -0.2) is 0 Å². The van der Waals surface area contributed by atoms with Crippen molar-refractivity contribution in [2.45, 2.75) is 46.0 Å². The molecule has 1 saturated carbocycles. The standard InChI is InChI=1S/C16H31N3O2.HI/c1-12-6-5-7-14(10-12)8-9-18-16(17-3)19-11-13(2)15(20)21-4;/h12-14H,5-11H2,1-4H3,(H2,17,18,19);1H. The molecule has 0 aliphatic heterocycles. The predicted octanol–water partition coefficient (Wildman–Crippen LogP) is 2.79. The Morgan fingerprint density at radius 1 is 1.36 bits per heavy atom. The Kier molecular flexibility index (Phi) is 11.7. The molecule has 0 radical (unpaired) electrons. The highest BCUT2D eigenvalue weighted by Gasteiger charge is 2.18. The van der Waals surface area contributed by atoms with Crippen molar-refractivity contribution >= 4 is 35.9 Å². The molecule has 3 unspecified atom stereocenters. The number of hydrogen-bond donors (Lipinski definition) is 2. The summed E-state index contributed by atoms with van der Waals surface area (Å²) in [6.45, 7) is 5.67. The van der Waals surface area contributed by atoms with Gasteiger partial charge in [0.05, 0.1) is 13.0 Å². The van der Waals surface area contributed by atoms with Crippen LogP contribution in [-0.4, -0.2) is 39.2 Å². The summed E-state index contributed by atoms with van der Waals surface area (Å²) < 4.78 is 4.71. The van der Waals surface area contributed by atoms with E-state index in [4.69, 9.17) is 4.74 Å². The maximum absolute atomic E-state index is 11.3. The van der Waals surface area contributed by atoms with Crippen LogP contribution in [0.5, 0.6) is 0 Å². The molecule has 0 amide bonds. The molecule has 6 heteroatoms. The summed E-state index contributed by atoms with van der Waals surface area (Å²) in [5, 5.41) is 6.50. The van der Waals surface area contributed by atoms with Crippen LogP contribution in [0.3, 0.4) is 0 Å². The molecule has 5 nitrogen and oxygen atoms in total. The lowest BCUT2D eigenvalue weighted by Gasteiger charge is -2.27. The molecule has 3 atom stereocenters. The molecule has 2 N–H and O–H groups in total. The van der Waals surface area contributed by atoms with Crippen molar-refractivity contribution in [1.82, 2.24) is 10.6 Å². The van der Waals surface area contributed by atoms with Crippen molar-refractivity contribution in [1.29, 1.82) is 0 Å².